The van der Waals surface area contributed by atoms with Gasteiger partial charge in [-0.05, 0) is 93.6 Å². The Labute approximate surface area is 259 Å². The zero-order valence-electron chi connectivity index (χ0n) is 24.8. The first kappa shape index (κ1) is 26.8. The summed E-state index contributed by atoms with van der Waals surface area (Å²) in [5, 5.41) is 12.3. The van der Waals surface area contributed by atoms with E-state index in [-0.39, 0.29) is 12.1 Å². The van der Waals surface area contributed by atoms with Gasteiger partial charge in [-0.3, -0.25) is 9.97 Å². The van der Waals surface area contributed by atoms with E-state index in [2.05, 4.69) is 125 Å². The van der Waals surface area contributed by atoms with Crippen molar-refractivity contribution in [3.8, 4) is 11.1 Å². The van der Waals surface area contributed by atoms with Crippen molar-refractivity contribution < 1.29 is 0 Å². The summed E-state index contributed by atoms with van der Waals surface area (Å²) in [6.07, 6.45) is 24.2. The van der Waals surface area contributed by atoms with E-state index in [9.17, 15) is 0 Å². The third-order valence-corrected chi connectivity index (χ3v) is 9.42. The van der Waals surface area contributed by atoms with Gasteiger partial charge in [0.25, 0.3) is 0 Å². The maximum Gasteiger partial charge on any atom is 0.0868 e. The van der Waals surface area contributed by atoms with E-state index in [0.29, 0.717) is 5.92 Å². The normalized spacial score (nSPS) is 21.4. The molecule has 216 valence electrons. The average molecular weight is 573 g/mol. The molecule has 0 spiro atoms. The van der Waals surface area contributed by atoms with Crippen molar-refractivity contribution in [2.45, 2.75) is 43.7 Å². The van der Waals surface area contributed by atoms with E-state index in [1.54, 1.807) is 0 Å². The Morgan fingerprint density at radius 1 is 0.705 bits per heavy atom. The van der Waals surface area contributed by atoms with Crippen molar-refractivity contribution in [1.29, 1.82) is 0 Å². The minimum absolute atomic E-state index is 0.0556. The molecule has 3 unspecified atom stereocenters. The minimum Gasteiger partial charge on any atom is -0.379 e. The molecule has 3 aromatic carbocycles. The van der Waals surface area contributed by atoms with Crippen molar-refractivity contribution in [1.82, 2.24) is 20.6 Å². The van der Waals surface area contributed by atoms with Crippen molar-refractivity contribution >= 4 is 27.1 Å². The number of nitrogens with zero attached hydrogens (tertiary/aromatic N) is 2. The molecule has 1 aliphatic carbocycles. The summed E-state index contributed by atoms with van der Waals surface area (Å²) in [5.74, 6) is 0.549. The van der Waals surface area contributed by atoms with Crippen LogP contribution in [0.3, 0.4) is 0 Å². The van der Waals surface area contributed by atoms with Gasteiger partial charge in [0.15, 0.2) is 0 Å². The number of hydrogen-bond acceptors (Lipinski definition) is 4. The van der Waals surface area contributed by atoms with Gasteiger partial charge in [0.2, 0.25) is 0 Å². The highest BCUT2D eigenvalue weighted by molar-refractivity contribution is 6.19. The Balaban J connectivity index is 1.30. The highest BCUT2D eigenvalue weighted by Crippen LogP contribution is 2.44. The molecule has 2 N–H and O–H groups in total. The first-order valence-electron chi connectivity index (χ1n) is 15.9. The Bertz CT molecular complexity index is 1950. The van der Waals surface area contributed by atoms with Crippen LogP contribution in [0.15, 0.2) is 128 Å². The van der Waals surface area contributed by atoms with Gasteiger partial charge in [-0.2, -0.15) is 0 Å². The lowest BCUT2D eigenvalue weighted by atomic mass is 9.82. The maximum absolute atomic E-state index is 4.99. The number of rotatable bonds is 5. The third-order valence-electron chi connectivity index (χ3n) is 9.42. The van der Waals surface area contributed by atoms with Gasteiger partial charge in [-0.1, -0.05) is 91.1 Å². The second-order valence-corrected chi connectivity index (χ2v) is 12.1. The van der Waals surface area contributed by atoms with Crippen LogP contribution in [0.25, 0.3) is 38.2 Å². The third kappa shape index (κ3) is 4.95. The van der Waals surface area contributed by atoms with E-state index in [0.717, 1.165) is 42.8 Å². The maximum atomic E-state index is 4.99. The molecule has 0 saturated carbocycles. The zero-order valence-corrected chi connectivity index (χ0v) is 24.8. The Hall–Kier alpha value is -4.80. The molecule has 4 nitrogen and oxygen atoms in total. The molecule has 4 heterocycles. The van der Waals surface area contributed by atoms with Gasteiger partial charge in [0.1, 0.15) is 0 Å². The fourth-order valence-electron chi connectivity index (χ4n) is 7.14. The molecule has 2 aromatic heterocycles. The molecule has 8 rings (SSSR count). The lowest BCUT2D eigenvalue weighted by Crippen LogP contribution is -2.24. The molecule has 44 heavy (non-hydrogen) atoms. The molecule has 5 aromatic rings. The van der Waals surface area contributed by atoms with Gasteiger partial charge in [-0.15, -0.1) is 0 Å². The molecule has 3 atom stereocenters. The van der Waals surface area contributed by atoms with Gasteiger partial charge in [0.05, 0.1) is 23.5 Å². The summed E-state index contributed by atoms with van der Waals surface area (Å²) < 4.78 is 0. The van der Waals surface area contributed by atoms with Crippen LogP contribution in [0.2, 0.25) is 0 Å². The Kier molecular flexibility index (Phi) is 7.13. The lowest BCUT2D eigenvalue weighted by Gasteiger charge is -2.24. The molecular weight excluding hydrogens is 536 g/mol. The second kappa shape index (κ2) is 11.7. The highest BCUT2D eigenvalue weighted by atomic mass is 14.9. The number of benzene rings is 3. The smallest absolute Gasteiger partial charge is 0.0868 e. The van der Waals surface area contributed by atoms with E-state index in [4.69, 9.17) is 4.98 Å². The summed E-state index contributed by atoms with van der Waals surface area (Å²) in [5.41, 5.74) is 8.42. The number of pyridine rings is 2. The molecule has 0 amide bonds. The van der Waals surface area contributed by atoms with Crippen molar-refractivity contribution in [3.05, 3.63) is 150 Å². The fourth-order valence-corrected chi connectivity index (χ4v) is 7.14. The monoisotopic (exact) mass is 572 g/mol. The first-order chi connectivity index (χ1) is 21.8. The van der Waals surface area contributed by atoms with Crippen LogP contribution in [0.1, 0.15) is 66.2 Å². The number of hydrogen-bond donors (Lipinski definition) is 2. The topological polar surface area (TPSA) is 49.8 Å². The zero-order chi connectivity index (χ0) is 29.3. The van der Waals surface area contributed by atoms with Crippen LogP contribution in [0, 0.1) is 0 Å². The van der Waals surface area contributed by atoms with E-state index in [1.165, 1.54) is 50.2 Å². The van der Waals surface area contributed by atoms with Crippen LogP contribution in [0.5, 0.6) is 0 Å². The molecule has 4 heteroatoms. The summed E-state index contributed by atoms with van der Waals surface area (Å²) in [7, 11) is 0. The largest absolute Gasteiger partial charge is 0.379 e. The van der Waals surface area contributed by atoms with E-state index >= 15 is 0 Å². The summed E-state index contributed by atoms with van der Waals surface area (Å²) in [6, 6.07) is 27.0. The molecule has 0 bridgehead atoms. The number of aromatic nitrogens is 2. The lowest BCUT2D eigenvalue weighted by molar-refractivity contribution is 0.541. The standard InChI is InChI=1S/C40H36N4/c1-2-10-27(11-3-1)28-16-19-33-34(24-28)40(30-18-21-38(44-26-30)36-15-7-9-23-42-36)32-13-5-4-12-31(32)39(33)29-17-20-37(43-25-29)35-14-6-8-22-41-35/h1-2,4-9,12-13,15-21,23-27,35,38,41,44H,3,10-11,14,22H2. The minimum atomic E-state index is 0.0556. The molecule has 0 fully saturated rings. The van der Waals surface area contributed by atoms with Gasteiger partial charge >= 0.3 is 0 Å². The van der Waals surface area contributed by atoms with E-state index in [1.807, 2.05) is 18.3 Å². The van der Waals surface area contributed by atoms with E-state index < -0.39 is 0 Å². The van der Waals surface area contributed by atoms with Crippen LogP contribution >= 0.6 is 0 Å². The van der Waals surface area contributed by atoms with Crippen molar-refractivity contribution in [2.75, 3.05) is 6.54 Å². The number of dihydropyridines is 1. The predicted octanol–water partition coefficient (Wildman–Crippen LogP) is 9.11. The van der Waals surface area contributed by atoms with Crippen LogP contribution < -0.4 is 10.6 Å². The molecular formula is C40H36N4. The summed E-state index contributed by atoms with van der Waals surface area (Å²) in [4.78, 5) is 9.57. The Morgan fingerprint density at radius 2 is 1.57 bits per heavy atom. The highest BCUT2D eigenvalue weighted by Gasteiger charge is 2.22. The molecule has 0 radical (unpaired) electrons. The SMILES string of the molecule is C1=CCC(c2ccc3c(-c4ccc(C5CC=CCN5)nc4)c4ccccc4c(C4=CNC(c5ccccn5)C=C4)c3c2)CC1. The number of allylic oxidation sites excluding steroid dienone is 4. The summed E-state index contributed by atoms with van der Waals surface area (Å²) in [6.45, 7) is 0.895. The number of nitrogens with one attached hydrogen (secondary N) is 2. The predicted molar refractivity (Wildman–Crippen MR) is 182 cm³/mol. The molecule has 0 saturated heterocycles. The molecule has 2 aliphatic heterocycles. The van der Waals surface area contributed by atoms with Crippen molar-refractivity contribution in [2.24, 2.45) is 0 Å². The molecule has 3 aliphatic rings. The van der Waals surface area contributed by atoms with Crippen LogP contribution in [0.4, 0.5) is 0 Å². The second-order valence-electron chi connectivity index (χ2n) is 12.1. The fraction of sp³-hybridized carbons (Fsp3) is 0.200. The summed E-state index contributed by atoms with van der Waals surface area (Å²) >= 11 is 0. The number of fused-ring (bicyclic) bond motifs is 2. The van der Waals surface area contributed by atoms with Gasteiger partial charge in [-0.25, -0.2) is 0 Å². The Morgan fingerprint density at radius 3 is 2.30 bits per heavy atom. The van der Waals surface area contributed by atoms with Crippen molar-refractivity contribution in [3.63, 3.8) is 0 Å². The average Bonchev–Trinajstić information content (AvgIpc) is 3.12. The quantitative estimate of drug-likeness (QED) is 0.163. The van der Waals surface area contributed by atoms with Crippen LogP contribution in [-0.2, 0) is 0 Å². The van der Waals surface area contributed by atoms with Crippen LogP contribution in [-0.4, -0.2) is 16.5 Å². The first-order valence-corrected chi connectivity index (χ1v) is 15.9. The van der Waals surface area contributed by atoms with Gasteiger partial charge < -0.3 is 10.6 Å². The van der Waals surface area contributed by atoms with Gasteiger partial charge in [0, 0.05) is 30.7 Å².